The molecule has 0 atom stereocenters. The van der Waals surface area contributed by atoms with Crippen LogP contribution in [0.2, 0.25) is 0 Å². The predicted octanol–water partition coefficient (Wildman–Crippen LogP) is 34.1. The fraction of sp³-hybridized carbons (Fsp3) is 0.131. The maximum Gasteiger partial charge on any atom is 0.216 e. The summed E-state index contributed by atoms with van der Waals surface area (Å²) in [6.07, 6.45) is 0. The first-order valence-corrected chi connectivity index (χ1v) is 49.9. The molecule has 12 heterocycles. The zero-order valence-corrected chi connectivity index (χ0v) is 81.1. The van der Waals surface area contributed by atoms with E-state index in [1.807, 2.05) is 52.2 Å². The maximum absolute atomic E-state index is 6.33. The first-order chi connectivity index (χ1) is 67.0. The minimum absolute atomic E-state index is 0.0829. The molecule has 0 bridgehead atoms. The molecule has 668 valence electrons. The largest absolute Gasteiger partial charge is 0.455 e. The zero-order chi connectivity index (χ0) is 93.3. The van der Waals surface area contributed by atoms with E-state index in [1.165, 1.54) is 144 Å². The first kappa shape index (κ1) is 82.9. The Morgan fingerprint density at radius 1 is 0.203 bits per heavy atom. The van der Waals surface area contributed by atoms with Gasteiger partial charge >= 0.3 is 0 Å². The Morgan fingerprint density at radius 2 is 0.507 bits per heavy atom. The fourth-order valence-electron chi connectivity index (χ4n) is 21.7. The van der Waals surface area contributed by atoms with Crippen LogP contribution in [-0.2, 0) is 22.2 Å². The van der Waals surface area contributed by atoms with Crippen molar-refractivity contribution < 1.29 is 4.42 Å². The van der Waals surface area contributed by atoms with Crippen molar-refractivity contribution in [3.8, 4) is 55.6 Å². The molecular weight excluding hydrogens is 1750 g/mol. The lowest BCUT2D eigenvalue weighted by atomic mass is 10.00. The van der Waals surface area contributed by atoms with Crippen LogP contribution in [0.4, 0.5) is 0 Å². The molecule has 0 radical (unpaired) electrons. The highest BCUT2D eigenvalue weighted by atomic mass is 32.1. The number of benzene rings is 17. The van der Waals surface area contributed by atoms with Crippen LogP contribution in [-0.4, -0.2) is 55.8 Å². The van der Waals surface area contributed by atoms with Crippen LogP contribution in [0.1, 0.15) is 83.1 Å². The summed E-state index contributed by atoms with van der Waals surface area (Å²) < 4.78 is 33.1. The molecule has 0 aliphatic rings. The molecule has 0 aliphatic carbocycles. The summed E-state index contributed by atoms with van der Waals surface area (Å²) in [6.45, 7) is 26.9. The summed E-state index contributed by atoms with van der Waals surface area (Å²) in [4.78, 5) is 20.1. The monoisotopic (exact) mass is 1840 g/mol. The molecule has 13 nitrogen and oxygen atoms in total. The second-order valence-corrected chi connectivity index (χ2v) is 43.6. The van der Waals surface area contributed by atoms with E-state index in [-0.39, 0.29) is 22.2 Å². The van der Waals surface area contributed by atoms with Crippen molar-refractivity contribution in [2.75, 3.05) is 0 Å². The van der Waals surface area contributed by atoms with Crippen LogP contribution in [0.5, 0.6) is 0 Å². The Morgan fingerprint density at radius 3 is 0.949 bits per heavy atom. The Hall–Kier alpha value is -15.7. The lowest BCUT2D eigenvalue weighted by molar-refractivity contribution is 0.418. The predicted molar refractivity (Wildman–Crippen MR) is 586 cm³/mol. The van der Waals surface area contributed by atoms with Crippen molar-refractivity contribution in [3.05, 3.63) is 364 Å². The highest BCUT2D eigenvalue weighted by molar-refractivity contribution is 7.27. The molecule has 29 rings (SSSR count). The van der Waals surface area contributed by atoms with E-state index in [4.69, 9.17) is 24.4 Å². The van der Waals surface area contributed by atoms with Gasteiger partial charge in [0.2, 0.25) is 23.1 Å². The summed E-state index contributed by atoms with van der Waals surface area (Å²) in [6, 6.07) is 131. The number of rotatable bonds is 5. The minimum atomic E-state index is -0.107. The van der Waals surface area contributed by atoms with Crippen molar-refractivity contribution in [1.82, 2.24) is 55.8 Å². The summed E-state index contributed by atoms with van der Waals surface area (Å²) in [5.41, 5.74) is 32.0. The number of thiophene rings is 3. The van der Waals surface area contributed by atoms with Gasteiger partial charge in [-0.2, -0.15) is 0 Å². The van der Waals surface area contributed by atoms with Gasteiger partial charge in [0.05, 0.1) is 88.3 Å². The molecule has 0 unspecified atom stereocenters. The van der Waals surface area contributed by atoms with Gasteiger partial charge in [-0.15, -0.1) is 34.0 Å². The maximum atomic E-state index is 6.33. The number of hydrogen-bond donors (Lipinski definition) is 0. The quantitative estimate of drug-likeness (QED) is 0.171. The van der Waals surface area contributed by atoms with Crippen molar-refractivity contribution >= 4 is 228 Å². The van der Waals surface area contributed by atoms with Crippen LogP contribution in [0, 0.1) is 0 Å². The Kier molecular flexibility index (Phi) is 18.6. The number of hydrogen-bond acceptors (Lipinski definition) is 8. The SMILES string of the molecule is CC(C)(C)n1c2ccc(-c3ccc4sc5ccccc5c4c3)cc2n2c3ccccc3nc12.CC(C)(C)n1c2ccc(-c3cccc4c3oc3ccccc34)cc2n2c3ccccc3nc12.CC(C)(C)n1c2ccc(-c3cccc4c3sc3c(-c5ccccc5)cccc34)cc2n2c3ccccc3nc12.CC(C)(C)n1c2ccc(-c3cccc4c3sc3ccccc34)cc2n2c3ccccc3nc12. The molecule has 16 heteroatoms. The number of fused-ring (bicyclic) bond motifs is 32. The van der Waals surface area contributed by atoms with Gasteiger partial charge < -0.3 is 22.7 Å². The van der Waals surface area contributed by atoms with Crippen molar-refractivity contribution in [2.45, 2.75) is 105 Å². The molecule has 17 aromatic carbocycles. The molecule has 0 fully saturated rings. The topological polar surface area (TPSA) is 102 Å². The van der Waals surface area contributed by atoms with Gasteiger partial charge in [-0.25, -0.2) is 19.9 Å². The Balaban J connectivity index is 0.0000000953. The van der Waals surface area contributed by atoms with E-state index < -0.39 is 0 Å². The standard InChI is InChI=1S/C35H27N3S.C29H23N3O.2C29H23N3S/c1-35(2,3)38-30-20-19-23(21-31(30)37-29-18-8-7-17-28(29)36-34(37)38)25-14-10-16-27-26-15-9-13-24(32(26)39-33(25)27)22-11-5-4-6-12-22;2*1-29(2,3)32-24-16-15-18(17-25(24)31-23-13-6-5-12-22(23)30-28(31)32)19-10-8-11-21-20-9-4-7-14-26(20)33-27(19)21;1-29(2,3)32-24-14-12-19(17-25(24)31-23-10-6-5-9-22(23)30-28(31)32)18-13-15-27-21(16-18)20-8-4-7-11-26(20)33-27/h4-21H,1-3H3;3*4-17H,1-3H3. The average Bonchev–Trinajstić information content (AvgIpc) is 1.58. The lowest BCUT2D eigenvalue weighted by Gasteiger charge is -2.22. The number of nitrogens with zero attached hydrogens (tertiary/aromatic N) is 12. The van der Waals surface area contributed by atoms with Gasteiger partial charge in [0.25, 0.3) is 0 Å². The zero-order valence-electron chi connectivity index (χ0n) is 78.6. The van der Waals surface area contributed by atoms with Crippen LogP contribution in [0.25, 0.3) is 249 Å². The molecular formula is C122H96N12OS3. The molecule has 138 heavy (non-hydrogen) atoms. The normalized spacial score (nSPS) is 12.6. The average molecular weight is 1840 g/mol. The smallest absolute Gasteiger partial charge is 0.216 e. The van der Waals surface area contributed by atoms with E-state index in [0.717, 1.165) is 106 Å². The third-order valence-electron chi connectivity index (χ3n) is 27.5. The lowest BCUT2D eigenvalue weighted by Crippen LogP contribution is -2.21. The second-order valence-electron chi connectivity index (χ2n) is 40.5. The fourth-order valence-corrected chi connectivity index (χ4v) is 25.4. The summed E-state index contributed by atoms with van der Waals surface area (Å²) in [5, 5.41) is 10.3. The molecule has 0 amide bonds. The molecule has 0 N–H and O–H groups in total. The number of imidazole rings is 8. The third kappa shape index (κ3) is 13.0. The van der Waals surface area contributed by atoms with E-state index in [9.17, 15) is 0 Å². The number of furan rings is 1. The summed E-state index contributed by atoms with van der Waals surface area (Å²) in [7, 11) is 0. The van der Waals surface area contributed by atoms with Crippen molar-refractivity contribution in [1.29, 1.82) is 0 Å². The van der Waals surface area contributed by atoms with E-state index in [1.54, 1.807) is 0 Å². The molecule has 12 aromatic heterocycles. The van der Waals surface area contributed by atoms with Gasteiger partial charge in [0.1, 0.15) is 11.2 Å². The minimum Gasteiger partial charge on any atom is -0.455 e. The van der Waals surface area contributed by atoms with Gasteiger partial charge in [-0.05, 0) is 261 Å². The molecule has 29 aromatic rings. The highest BCUT2D eigenvalue weighted by Crippen LogP contribution is 2.49. The van der Waals surface area contributed by atoms with E-state index in [2.05, 4.69) is 465 Å². The van der Waals surface area contributed by atoms with Gasteiger partial charge in [-0.1, -0.05) is 237 Å². The van der Waals surface area contributed by atoms with Crippen LogP contribution in [0.15, 0.2) is 368 Å². The molecule has 0 aliphatic heterocycles. The van der Waals surface area contributed by atoms with Gasteiger partial charge in [0, 0.05) is 99.0 Å². The third-order valence-corrected chi connectivity index (χ3v) is 31.2. The highest BCUT2D eigenvalue weighted by Gasteiger charge is 2.31. The first-order valence-electron chi connectivity index (χ1n) is 47.4. The summed E-state index contributed by atoms with van der Waals surface area (Å²) in [5.74, 6) is 3.95. The van der Waals surface area contributed by atoms with E-state index in [0.29, 0.717) is 0 Å². The number of aromatic nitrogens is 12. The molecule has 0 spiro atoms. The van der Waals surface area contributed by atoms with Crippen molar-refractivity contribution in [3.63, 3.8) is 0 Å². The van der Waals surface area contributed by atoms with Crippen LogP contribution >= 0.6 is 34.0 Å². The second kappa shape index (κ2) is 30.9. The molecule has 0 saturated heterocycles. The van der Waals surface area contributed by atoms with Crippen LogP contribution in [0.3, 0.4) is 0 Å². The Labute approximate surface area is 806 Å². The Bertz CT molecular complexity index is 9780. The van der Waals surface area contributed by atoms with Gasteiger partial charge in [0.15, 0.2) is 0 Å². The van der Waals surface area contributed by atoms with Gasteiger partial charge in [-0.3, -0.25) is 17.6 Å². The van der Waals surface area contributed by atoms with E-state index >= 15 is 0 Å². The molecule has 0 saturated carbocycles. The van der Waals surface area contributed by atoms with Crippen molar-refractivity contribution in [2.24, 2.45) is 0 Å². The number of para-hydroxylation sites is 10. The van der Waals surface area contributed by atoms with Crippen LogP contribution < -0.4 is 0 Å². The summed E-state index contributed by atoms with van der Waals surface area (Å²) >= 11 is 5.65.